The van der Waals surface area contributed by atoms with E-state index >= 15 is 0 Å². The molecule has 0 fully saturated rings. The van der Waals surface area contributed by atoms with Crippen LogP contribution in [0.4, 0.5) is 4.39 Å². The van der Waals surface area contributed by atoms with Crippen LogP contribution in [0.15, 0.2) is 0 Å². The number of alkyl halides is 1. The lowest BCUT2D eigenvalue weighted by atomic mass is 10.5. The van der Waals surface area contributed by atoms with Crippen LogP contribution in [0, 0.1) is 0 Å². The number of aliphatic hydroxyl groups excluding tert-OH is 1. The van der Waals surface area contributed by atoms with Gasteiger partial charge in [-0.25, -0.2) is 4.39 Å². The van der Waals surface area contributed by atoms with Crippen LogP contribution in [0.1, 0.15) is 6.92 Å². The molecule has 1 atom stereocenters. The predicted octanol–water partition coefficient (Wildman–Crippen LogP) is -0.137. The van der Waals surface area contributed by atoms with Crippen LogP contribution < -0.4 is 0 Å². The molecule has 0 aromatic carbocycles. The van der Waals surface area contributed by atoms with E-state index in [1.165, 1.54) is 0 Å². The molecule has 0 aliphatic carbocycles. The molecule has 0 aliphatic heterocycles. The van der Waals surface area contributed by atoms with Crippen LogP contribution in [0.5, 0.6) is 0 Å². The van der Waals surface area contributed by atoms with Crippen molar-refractivity contribution >= 4 is 5.78 Å². The van der Waals surface area contributed by atoms with E-state index in [1.54, 1.807) is 0 Å². The minimum Gasteiger partial charge on any atom is -0.358 e. The molecule has 6 heavy (non-hydrogen) atoms. The van der Waals surface area contributed by atoms with Crippen molar-refractivity contribution in [2.75, 3.05) is 0 Å². The first-order valence-electron chi connectivity index (χ1n) is 1.47. The number of Topliss-reactive ketones (excluding diaryl/α,β-unsaturated/α-hetero) is 1. The van der Waals surface area contributed by atoms with Gasteiger partial charge in [0, 0.05) is 6.92 Å². The first-order chi connectivity index (χ1) is 2.64. The number of aliphatic hydroxyl groups is 1. The number of halogens is 1. The molecule has 0 bridgehead atoms. The Balaban J connectivity index is 3.26. The molecule has 0 spiro atoms. The summed E-state index contributed by atoms with van der Waals surface area (Å²) in [5, 5.41) is 7.61. The molecule has 0 aliphatic rings. The number of hydrogen-bond acceptors (Lipinski definition) is 2. The predicted molar refractivity (Wildman–Crippen MR) is 17.8 cm³/mol. The van der Waals surface area contributed by atoms with Crippen molar-refractivity contribution in [3.8, 4) is 0 Å². The van der Waals surface area contributed by atoms with E-state index in [0.717, 1.165) is 6.92 Å². The molecule has 0 amide bonds. The quantitative estimate of drug-likeness (QED) is 0.489. The molecular weight excluding hydrogens is 87.0 g/mol. The average Bonchev–Trinajstić information content (AvgIpc) is 1.36. The summed E-state index contributed by atoms with van der Waals surface area (Å²) >= 11 is 0. The summed E-state index contributed by atoms with van der Waals surface area (Å²) in [5.41, 5.74) is 0. The second kappa shape index (κ2) is 1.87. The average molecular weight is 92.1 g/mol. The van der Waals surface area contributed by atoms with Crippen molar-refractivity contribution in [2.24, 2.45) is 0 Å². The Morgan fingerprint density at radius 2 is 2.17 bits per heavy atom. The molecule has 0 aromatic rings. The summed E-state index contributed by atoms with van der Waals surface area (Å²) < 4.78 is 11.0. The molecular formula is C3H5FO2. The molecule has 36 valence electrons. The van der Waals surface area contributed by atoms with Gasteiger partial charge in [-0.2, -0.15) is 0 Å². The molecule has 1 unspecified atom stereocenters. The molecule has 0 rings (SSSR count). The van der Waals surface area contributed by atoms with Gasteiger partial charge in [0.15, 0.2) is 5.78 Å². The summed E-state index contributed by atoms with van der Waals surface area (Å²) in [4.78, 5) is 9.52. The number of ketones is 1. The van der Waals surface area contributed by atoms with Crippen molar-refractivity contribution in [1.82, 2.24) is 0 Å². The van der Waals surface area contributed by atoms with Crippen LogP contribution in [0.25, 0.3) is 0 Å². The lowest BCUT2D eigenvalue weighted by Gasteiger charge is -1.86. The van der Waals surface area contributed by atoms with Gasteiger partial charge in [-0.15, -0.1) is 0 Å². The second-order valence-electron chi connectivity index (χ2n) is 0.946. The van der Waals surface area contributed by atoms with Gasteiger partial charge in [-0.3, -0.25) is 4.79 Å². The molecule has 0 radical (unpaired) electrons. The Hall–Kier alpha value is -0.440. The van der Waals surface area contributed by atoms with E-state index < -0.39 is 12.1 Å². The maximum Gasteiger partial charge on any atom is 0.255 e. The largest absolute Gasteiger partial charge is 0.358 e. The third kappa shape index (κ3) is 1.84. The first kappa shape index (κ1) is 5.56. The van der Waals surface area contributed by atoms with Crippen molar-refractivity contribution in [2.45, 2.75) is 13.3 Å². The fraction of sp³-hybridized carbons (Fsp3) is 0.667. The number of rotatable bonds is 1. The Bertz CT molecular complexity index is 59.8. The summed E-state index contributed by atoms with van der Waals surface area (Å²) in [7, 11) is 0. The standard InChI is InChI=1S/C3H5FO2/c1-2(5)3(4)6/h3,6H,1H3. The van der Waals surface area contributed by atoms with Gasteiger partial charge in [0.25, 0.3) is 6.36 Å². The third-order valence-electron chi connectivity index (χ3n) is 0.335. The molecule has 2 nitrogen and oxygen atoms in total. The zero-order valence-corrected chi connectivity index (χ0v) is 3.31. The normalized spacial score (nSPS) is 13.8. The Labute approximate surface area is 34.6 Å². The maximum atomic E-state index is 11.0. The number of carbonyl (C=O) groups excluding carboxylic acids is 1. The lowest BCUT2D eigenvalue weighted by Crippen LogP contribution is -2.08. The Morgan fingerprint density at radius 1 is 2.00 bits per heavy atom. The smallest absolute Gasteiger partial charge is 0.255 e. The zero-order valence-electron chi connectivity index (χ0n) is 3.31. The van der Waals surface area contributed by atoms with Gasteiger partial charge in [-0.05, 0) is 0 Å². The number of carbonyl (C=O) groups is 1. The molecule has 0 saturated carbocycles. The highest BCUT2D eigenvalue weighted by atomic mass is 19.1. The van der Waals surface area contributed by atoms with Crippen molar-refractivity contribution in [3.63, 3.8) is 0 Å². The highest BCUT2D eigenvalue weighted by Crippen LogP contribution is 1.81. The molecule has 0 heterocycles. The van der Waals surface area contributed by atoms with Crippen molar-refractivity contribution in [1.29, 1.82) is 0 Å². The SMILES string of the molecule is CC(=O)C(O)F. The van der Waals surface area contributed by atoms with Crippen LogP contribution in [0.2, 0.25) is 0 Å². The molecule has 1 N–H and O–H groups in total. The monoisotopic (exact) mass is 92.0 g/mol. The van der Waals surface area contributed by atoms with Gasteiger partial charge >= 0.3 is 0 Å². The minimum absolute atomic E-state index is 0.852. The Morgan fingerprint density at radius 3 is 2.17 bits per heavy atom. The van der Waals surface area contributed by atoms with Crippen LogP contribution in [-0.2, 0) is 4.79 Å². The van der Waals surface area contributed by atoms with E-state index in [2.05, 4.69) is 0 Å². The zero-order chi connectivity index (χ0) is 5.15. The van der Waals surface area contributed by atoms with Crippen molar-refractivity contribution in [3.05, 3.63) is 0 Å². The summed E-state index contributed by atoms with van der Waals surface area (Å²) in [6, 6.07) is 0. The fourth-order valence-corrected chi connectivity index (χ4v) is 0. The highest BCUT2D eigenvalue weighted by molar-refractivity contribution is 5.78. The first-order valence-corrected chi connectivity index (χ1v) is 1.47. The fourth-order valence-electron chi connectivity index (χ4n) is 0. The van der Waals surface area contributed by atoms with Gasteiger partial charge in [0.1, 0.15) is 0 Å². The minimum atomic E-state index is -2.29. The van der Waals surface area contributed by atoms with Crippen LogP contribution in [-0.4, -0.2) is 17.2 Å². The van der Waals surface area contributed by atoms with Gasteiger partial charge in [0.05, 0.1) is 0 Å². The molecule has 0 saturated heterocycles. The molecule has 0 aromatic heterocycles. The van der Waals surface area contributed by atoms with Gasteiger partial charge in [-0.1, -0.05) is 0 Å². The van der Waals surface area contributed by atoms with E-state index in [-0.39, 0.29) is 0 Å². The summed E-state index contributed by atoms with van der Waals surface area (Å²) in [6.07, 6.45) is -2.29. The van der Waals surface area contributed by atoms with Gasteiger partial charge in [0.2, 0.25) is 0 Å². The summed E-state index contributed by atoms with van der Waals surface area (Å²) in [5.74, 6) is -0.852. The van der Waals surface area contributed by atoms with E-state index in [1.807, 2.05) is 0 Å². The Kier molecular flexibility index (Phi) is 1.73. The van der Waals surface area contributed by atoms with E-state index in [4.69, 9.17) is 5.11 Å². The van der Waals surface area contributed by atoms with E-state index in [9.17, 15) is 9.18 Å². The van der Waals surface area contributed by atoms with Crippen LogP contribution in [0.3, 0.4) is 0 Å². The van der Waals surface area contributed by atoms with E-state index in [0.29, 0.717) is 0 Å². The van der Waals surface area contributed by atoms with Crippen molar-refractivity contribution < 1.29 is 14.3 Å². The highest BCUT2D eigenvalue weighted by Gasteiger charge is 2.02. The summed E-state index contributed by atoms with van der Waals surface area (Å²) in [6.45, 7) is 0.977. The number of hydrogen-bond donors (Lipinski definition) is 1. The van der Waals surface area contributed by atoms with Crippen LogP contribution >= 0.6 is 0 Å². The maximum absolute atomic E-state index is 11.0. The lowest BCUT2D eigenvalue weighted by molar-refractivity contribution is -0.133. The molecule has 3 heteroatoms. The van der Waals surface area contributed by atoms with Gasteiger partial charge < -0.3 is 5.11 Å². The topological polar surface area (TPSA) is 37.3 Å². The second-order valence-corrected chi connectivity index (χ2v) is 0.946. The third-order valence-corrected chi connectivity index (χ3v) is 0.335.